The molecule has 3 N–H and O–H groups in total. The van der Waals surface area contributed by atoms with Crippen LogP contribution in [0.25, 0.3) is 21.0 Å². The zero-order valence-electron chi connectivity index (χ0n) is 21.1. The summed E-state index contributed by atoms with van der Waals surface area (Å²) in [5.41, 5.74) is 12.1. The van der Waals surface area contributed by atoms with Crippen molar-refractivity contribution in [2.45, 2.75) is 45.4 Å². The number of anilines is 1. The minimum Gasteiger partial charge on any atom is -0.369 e. The number of rotatable bonds is 8. The third-order valence-corrected chi connectivity index (χ3v) is 8.69. The number of carbonyl (C=O) groups is 1. The zero-order chi connectivity index (χ0) is 24.5. The first-order valence-corrected chi connectivity index (χ1v) is 13.6. The van der Waals surface area contributed by atoms with E-state index in [2.05, 4.69) is 78.3 Å². The van der Waals surface area contributed by atoms with E-state index in [0.29, 0.717) is 0 Å². The van der Waals surface area contributed by atoms with E-state index in [1.165, 1.54) is 37.8 Å². The molecule has 1 unspecified atom stereocenters. The fourth-order valence-electron chi connectivity index (χ4n) is 5.48. The summed E-state index contributed by atoms with van der Waals surface area (Å²) in [5, 5.41) is 2.47. The fourth-order valence-corrected chi connectivity index (χ4v) is 6.66. The molecule has 2 aromatic heterocycles. The second kappa shape index (κ2) is 10.0. The number of thiophene rings is 1. The quantitative estimate of drug-likeness (QED) is 0.317. The van der Waals surface area contributed by atoms with Crippen LogP contribution in [0.15, 0.2) is 42.6 Å². The molecule has 0 bridgehead atoms. The molecule has 1 aliphatic heterocycles. The van der Waals surface area contributed by atoms with Crippen molar-refractivity contribution in [3.05, 3.63) is 64.2 Å². The Morgan fingerprint density at radius 2 is 1.91 bits per heavy atom. The van der Waals surface area contributed by atoms with Crippen LogP contribution in [0.3, 0.4) is 0 Å². The van der Waals surface area contributed by atoms with E-state index in [-0.39, 0.29) is 11.8 Å². The lowest BCUT2D eigenvalue weighted by Gasteiger charge is -2.34. The number of amides is 1. The second-order valence-corrected chi connectivity index (χ2v) is 11.1. The van der Waals surface area contributed by atoms with Gasteiger partial charge in [0.05, 0.1) is 4.88 Å². The van der Waals surface area contributed by atoms with E-state index in [1.807, 2.05) is 0 Å². The highest BCUT2D eigenvalue weighted by atomic mass is 32.1. The van der Waals surface area contributed by atoms with Crippen LogP contribution in [0, 0.1) is 6.92 Å². The number of nitrogens with two attached hydrogens (primary N) is 1. The maximum absolute atomic E-state index is 12.7. The van der Waals surface area contributed by atoms with Crippen molar-refractivity contribution >= 4 is 43.9 Å². The topological polar surface area (TPSA) is 65.4 Å². The van der Waals surface area contributed by atoms with Gasteiger partial charge in [-0.05, 0) is 73.5 Å². The Bertz CT molecular complexity index is 1350. The molecule has 0 saturated carbocycles. The van der Waals surface area contributed by atoms with Crippen molar-refractivity contribution in [3.8, 4) is 0 Å². The number of carbonyl (C=O) groups excluding carboxylic acids is 1. The van der Waals surface area contributed by atoms with E-state index in [9.17, 15) is 4.79 Å². The number of aromatic nitrogens is 1. The summed E-state index contributed by atoms with van der Waals surface area (Å²) in [5.74, 6) is -0.0567. The van der Waals surface area contributed by atoms with E-state index in [0.717, 1.165) is 62.3 Å². The molecule has 3 heterocycles. The van der Waals surface area contributed by atoms with Gasteiger partial charge in [0.1, 0.15) is 0 Å². The third kappa shape index (κ3) is 4.82. The van der Waals surface area contributed by atoms with Crippen molar-refractivity contribution in [2.24, 2.45) is 5.73 Å². The van der Waals surface area contributed by atoms with Gasteiger partial charge < -0.3 is 20.5 Å². The van der Waals surface area contributed by atoms with Crippen molar-refractivity contribution in [3.63, 3.8) is 0 Å². The predicted octanol–water partition coefficient (Wildman–Crippen LogP) is 6.06. The number of H-pyrrole nitrogens is 1. The Hall–Kier alpha value is -2.83. The van der Waals surface area contributed by atoms with Crippen LogP contribution in [0.1, 0.15) is 58.5 Å². The number of benzene rings is 2. The number of aromatic amines is 1. The van der Waals surface area contributed by atoms with Crippen LogP contribution in [-0.2, 0) is 6.42 Å². The van der Waals surface area contributed by atoms with E-state index >= 15 is 0 Å². The summed E-state index contributed by atoms with van der Waals surface area (Å²) < 4.78 is 1.17. The van der Waals surface area contributed by atoms with Gasteiger partial charge in [-0.15, -0.1) is 11.3 Å². The molecule has 2 aromatic carbocycles. The molecule has 1 saturated heterocycles. The number of likely N-dealkylation sites (N-methyl/N-ethyl adjacent to an activating group) is 1. The monoisotopic (exact) mass is 488 g/mol. The molecule has 1 fully saturated rings. The number of piperazine rings is 1. The van der Waals surface area contributed by atoms with Gasteiger partial charge >= 0.3 is 0 Å². The molecule has 0 aliphatic carbocycles. The standard InChI is InChI=1S/C29H36N4OS/c1-4-5-6-20(16-21-18-31-25-10-7-19(2)15-24(21)25)27-23-9-8-22(33-13-11-32(3)12-14-33)17-26(23)35-28(27)29(30)34/h7-10,15,17-18,20,31H,4-6,11-14,16H2,1-3H3,(H2,30,34). The summed E-state index contributed by atoms with van der Waals surface area (Å²) >= 11 is 1.57. The van der Waals surface area contributed by atoms with Crippen LogP contribution in [-0.4, -0.2) is 49.0 Å². The minimum atomic E-state index is -0.307. The van der Waals surface area contributed by atoms with Crippen LogP contribution in [0.4, 0.5) is 5.69 Å². The second-order valence-electron chi connectivity index (χ2n) is 10.1. The van der Waals surface area contributed by atoms with E-state index in [1.54, 1.807) is 11.3 Å². The summed E-state index contributed by atoms with van der Waals surface area (Å²) in [6, 6.07) is 13.3. The van der Waals surface area contributed by atoms with Crippen molar-refractivity contribution in [2.75, 3.05) is 38.1 Å². The molecule has 0 radical (unpaired) electrons. The van der Waals surface area contributed by atoms with Crippen LogP contribution in [0.5, 0.6) is 0 Å². The Morgan fingerprint density at radius 1 is 1.11 bits per heavy atom. The Morgan fingerprint density at radius 3 is 2.66 bits per heavy atom. The number of aryl methyl sites for hydroxylation is 1. The first kappa shape index (κ1) is 23.9. The lowest BCUT2D eigenvalue weighted by molar-refractivity contribution is 0.100. The van der Waals surface area contributed by atoms with E-state index < -0.39 is 0 Å². The lowest BCUT2D eigenvalue weighted by Crippen LogP contribution is -2.44. The molecular formula is C29H36N4OS. The molecule has 1 aliphatic rings. The first-order chi connectivity index (χ1) is 16.9. The summed E-state index contributed by atoms with van der Waals surface area (Å²) in [6.07, 6.45) is 6.34. The zero-order valence-corrected chi connectivity index (χ0v) is 21.9. The molecule has 4 aromatic rings. The third-order valence-electron chi connectivity index (χ3n) is 7.51. The molecular weight excluding hydrogens is 452 g/mol. The smallest absolute Gasteiger partial charge is 0.259 e. The molecule has 6 heteroatoms. The van der Waals surface area contributed by atoms with Gasteiger partial charge in [-0.3, -0.25) is 4.79 Å². The van der Waals surface area contributed by atoms with Crippen molar-refractivity contribution < 1.29 is 4.79 Å². The molecule has 5 nitrogen and oxygen atoms in total. The Balaban J connectivity index is 1.55. The maximum atomic E-state index is 12.7. The largest absolute Gasteiger partial charge is 0.369 e. The van der Waals surface area contributed by atoms with Crippen LogP contribution >= 0.6 is 11.3 Å². The molecule has 5 rings (SSSR count). The van der Waals surface area contributed by atoms with Gasteiger partial charge in [-0.1, -0.05) is 37.5 Å². The van der Waals surface area contributed by atoms with Gasteiger partial charge in [-0.2, -0.15) is 0 Å². The molecule has 35 heavy (non-hydrogen) atoms. The Kier molecular flexibility index (Phi) is 6.85. The van der Waals surface area contributed by atoms with Crippen LogP contribution < -0.4 is 10.6 Å². The number of hydrogen-bond acceptors (Lipinski definition) is 4. The molecule has 0 spiro atoms. The van der Waals surface area contributed by atoms with Crippen molar-refractivity contribution in [1.29, 1.82) is 0 Å². The molecule has 1 atom stereocenters. The Labute approximate surface area is 211 Å². The normalized spacial score (nSPS) is 15.8. The number of hydrogen-bond donors (Lipinski definition) is 2. The van der Waals surface area contributed by atoms with Gasteiger partial charge in [0, 0.05) is 53.7 Å². The molecule has 1 amide bonds. The number of nitrogens with zero attached hydrogens (tertiary/aromatic N) is 2. The number of unbranched alkanes of at least 4 members (excludes halogenated alkanes) is 1. The number of nitrogens with one attached hydrogen (secondary N) is 1. The maximum Gasteiger partial charge on any atom is 0.259 e. The van der Waals surface area contributed by atoms with Crippen LogP contribution in [0.2, 0.25) is 0 Å². The summed E-state index contributed by atoms with van der Waals surface area (Å²) in [6.45, 7) is 8.58. The predicted molar refractivity (Wildman–Crippen MR) is 149 cm³/mol. The average Bonchev–Trinajstić information content (AvgIpc) is 3.43. The van der Waals surface area contributed by atoms with Gasteiger partial charge in [0.25, 0.3) is 5.91 Å². The number of fused-ring (bicyclic) bond motifs is 2. The molecule has 184 valence electrons. The minimum absolute atomic E-state index is 0.250. The SMILES string of the molecule is CCCCC(Cc1c[nH]c2ccc(C)cc12)c1c(C(N)=O)sc2cc(N3CCN(C)CC3)ccc12. The van der Waals surface area contributed by atoms with Gasteiger partial charge in [-0.25, -0.2) is 0 Å². The first-order valence-electron chi connectivity index (χ1n) is 12.8. The summed E-state index contributed by atoms with van der Waals surface area (Å²) in [7, 11) is 2.18. The van der Waals surface area contributed by atoms with E-state index in [4.69, 9.17) is 5.73 Å². The highest BCUT2D eigenvalue weighted by molar-refractivity contribution is 7.21. The fraction of sp³-hybridized carbons (Fsp3) is 0.414. The highest BCUT2D eigenvalue weighted by Crippen LogP contribution is 2.42. The van der Waals surface area contributed by atoms with Gasteiger partial charge in [0.15, 0.2) is 0 Å². The van der Waals surface area contributed by atoms with Gasteiger partial charge in [0.2, 0.25) is 0 Å². The average molecular weight is 489 g/mol. The summed E-state index contributed by atoms with van der Waals surface area (Å²) in [4.78, 5) is 21.7. The van der Waals surface area contributed by atoms with Crippen molar-refractivity contribution in [1.82, 2.24) is 9.88 Å². The lowest BCUT2D eigenvalue weighted by atomic mass is 9.85. The highest BCUT2D eigenvalue weighted by Gasteiger charge is 2.26. The number of primary amides is 1.